The number of benzene rings is 2. The molecule has 0 atom stereocenters. The topological polar surface area (TPSA) is 202 Å². The SMILES string of the molecule is CS(=O)(=O)Nc1cc2c(SOO[O-])cc(S(=O)(=O)[O-])cc2cc1S(=O)(=O)[O-].[Li+].[Li+].[Li+]. The fourth-order valence-corrected chi connectivity index (χ4v) is 4.51. The number of anilines is 1. The van der Waals surface area contributed by atoms with Crippen molar-refractivity contribution in [2.45, 2.75) is 14.7 Å². The van der Waals surface area contributed by atoms with Crippen LogP contribution in [-0.2, 0) is 39.6 Å². The molecule has 2 aromatic rings. The summed E-state index contributed by atoms with van der Waals surface area (Å²) >= 11 is 0.177. The van der Waals surface area contributed by atoms with E-state index in [9.17, 15) is 39.6 Å². The Balaban J connectivity index is 0. The molecule has 12 nitrogen and oxygen atoms in total. The van der Waals surface area contributed by atoms with Crippen LogP contribution in [0.3, 0.4) is 0 Å². The van der Waals surface area contributed by atoms with E-state index in [1.165, 1.54) is 0 Å². The zero-order valence-electron chi connectivity index (χ0n) is 15.9. The van der Waals surface area contributed by atoms with Crippen LogP contribution in [0.2, 0.25) is 0 Å². The molecule has 0 fully saturated rings. The van der Waals surface area contributed by atoms with Crippen molar-refractivity contribution in [3.63, 3.8) is 0 Å². The maximum absolute atomic E-state index is 11.5. The van der Waals surface area contributed by atoms with Crippen LogP contribution in [0.25, 0.3) is 10.8 Å². The molecule has 0 aliphatic heterocycles. The van der Waals surface area contributed by atoms with Crippen LogP contribution in [0.4, 0.5) is 5.69 Å². The summed E-state index contributed by atoms with van der Waals surface area (Å²) in [6.07, 6.45) is 0.704. The molecule has 150 valence electrons. The Kier molecular flexibility index (Phi) is 12.9. The first-order valence-electron chi connectivity index (χ1n) is 6.37. The Hall–Kier alpha value is 0.292. The van der Waals surface area contributed by atoms with Gasteiger partial charge in [-0.25, -0.2) is 25.3 Å². The van der Waals surface area contributed by atoms with E-state index in [1.54, 1.807) is 0 Å². The van der Waals surface area contributed by atoms with E-state index in [2.05, 4.69) is 9.37 Å². The average molecular weight is 479 g/mol. The second kappa shape index (κ2) is 12.0. The third kappa shape index (κ3) is 8.67. The minimum atomic E-state index is -5.19. The van der Waals surface area contributed by atoms with Gasteiger partial charge in [0.2, 0.25) is 10.0 Å². The quantitative estimate of drug-likeness (QED) is 0.129. The smallest absolute Gasteiger partial charge is 0.744 e. The fourth-order valence-electron chi connectivity index (χ4n) is 2.08. The Morgan fingerprint density at radius 3 is 1.90 bits per heavy atom. The summed E-state index contributed by atoms with van der Waals surface area (Å²) in [7, 11) is -14.2. The summed E-state index contributed by atoms with van der Waals surface area (Å²) in [5, 5.41) is 12.9. The first-order valence-corrected chi connectivity index (χ1v) is 11.8. The molecule has 0 heterocycles. The van der Waals surface area contributed by atoms with E-state index in [0.717, 1.165) is 18.2 Å². The van der Waals surface area contributed by atoms with Gasteiger partial charge < -0.3 is 14.4 Å². The molecule has 2 aromatic carbocycles. The van der Waals surface area contributed by atoms with E-state index in [4.69, 9.17) is 0 Å². The molecule has 0 spiro atoms. The normalized spacial score (nSPS) is 11.7. The predicted octanol–water partition coefficient (Wildman–Crippen LogP) is -9.74. The molecule has 0 unspecified atom stereocenters. The summed E-state index contributed by atoms with van der Waals surface area (Å²) in [4.78, 5) is -2.02. The fraction of sp³-hybridized carbons (Fsp3) is 0.0909. The first-order chi connectivity index (χ1) is 12.2. The number of fused-ring (bicyclic) bond motifs is 1. The van der Waals surface area contributed by atoms with Crippen LogP contribution < -0.4 is 66.6 Å². The largest absolute Gasteiger partial charge is 1.00 e. The van der Waals surface area contributed by atoms with Gasteiger partial charge in [0.1, 0.15) is 20.2 Å². The molecule has 0 saturated heterocycles. The summed E-state index contributed by atoms with van der Waals surface area (Å²) < 4.78 is 97.0. The van der Waals surface area contributed by atoms with E-state index in [0.29, 0.717) is 12.3 Å². The van der Waals surface area contributed by atoms with Crippen molar-refractivity contribution in [2.24, 2.45) is 0 Å². The van der Waals surface area contributed by atoms with Crippen molar-refractivity contribution < 1.29 is 106 Å². The Morgan fingerprint density at radius 2 is 1.47 bits per heavy atom. The maximum atomic E-state index is 11.5. The predicted molar refractivity (Wildman–Crippen MR) is 86.4 cm³/mol. The Morgan fingerprint density at radius 1 is 0.900 bits per heavy atom. The number of rotatable bonds is 7. The van der Waals surface area contributed by atoms with Crippen molar-refractivity contribution in [1.82, 2.24) is 0 Å². The van der Waals surface area contributed by atoms with Gasteiger partial charge in [-0.3, -0.25) is 9.76 Å². The Labute approximate surface area is 212 Å². The van der Waals surface area contributed by atoms with Crippen LogP contribution in [0, 0.1) is 0 Å². The van der Waals surface area contributed by atoms with Gasteiger partial charge in [0.05, 0.1) is 33.8 Å². The molecule has 0 aliphatic carbocycles. The van der Waals surface area contributed by atoms with E-state index in [1.807, 2.05) is 4.72 Å². The van der Waals surface area contributed by atoms with E-state index >= 15 is 0 Å². The molecule has 0 saturated carbocycles. The van der Waals surface area contributed by atoms with E-state index in [-0.39, 0.29) is 84.3 Å². The average Bonchev–Trinajstić information content (AvgIpc) is 2.48. The van der Waals surface area contributed by atoms with Gasteiger partial charge in [0.25, 0.3) is 0 Å². The first kappa shape index (κ1) is 32.5. The second-order valence-corrected chi connectivity index (χ2v) is 10.2. The number of sulfonamides is 1. The van der Waals surface area contributed by atoms with Gasteiger partial charge in [0, 0.05) is 4.90 Å². The Bertz CT molecular complexity index is 1220. The van der Waals surface area contributed by atoms with Crippen molar-refractivity contribution in [3.05, 3.63) is 24.3 Å². The molecule has 1 N–H and O–H groups in total. The standard InChI is InChI=1S/C11H11NO11S4.3Li/c1-25(14,15)12-9-5-8-6(3-11(9)27(19,20)21)2-7(26(16,17)18)4-10(8)24-23-22-13;;;/h2-5,12-13H,1H3,(H,16,17,18)(H,19,20,21);;;/q;3*+1/p-3. The van der Waals surface area contributed by atoms with Crippen LogP contribution >= 0.6 is 12.0 Å². The van der Waals surface area contributed by atoms with E-state index < -0.39 is 45.7 Å². The third-order valence-corrected chi connectivity index (χ3v) is 5.91. The van der Waals surface area contributed by atoms with Gasteiger partial charge in [-0.2, -0.15) is 4.33 Å². The summed E-state index contributed by atoms with van der Waals surface area (Å²) in [6, 6.07) is 3.16. The van der Waals surface area contributed by atoms with Gasteiger partial charge in [-0.15, -0.1) is 0 Å². The molecule has 0 bridgehead atoms. The maximum Gasteiger partial charge on any atom is 1.00 e. The molecule has 2 rings (SSSR count). The number of nitrogens with one attached hydrogen (secondary N) is 1. The van der Waals surface area contributed by atoms with Crippen LogP contribution in [0.5, 0.6) is 0 Å². The van der Waals surface area contributed by atoms with Gasteiger partial charge in [0.15, 0.2) is 0 Å². The van der Waals surface area contributed by atoms with Crippen molar-refractivity contribution in [1.29, 1.82) is 0 Å². The molecular formula is C11H8Li3NO11S4. The molecule has 0 aliphatic rings. The monoisotopic (exact) mass is 479 g/mol. The minimum absolute atomic E-state index is 0. The third-order valence-electron chi connectivity index (χ3n) is 2.99. The summed E-state index contributed by atoms with van der Waals surface area (Å²) in [6.45, 7) is 0. The summed E-state index contributed by atoms with van der Waals surface area (Å²) in [5.74, 6) is 0. The summed E-state index contributed by atoms with van der Waals surface area (Å²) in [5.41, 5.74) is -0.623. The van der Waals surface area contributed by atoms with Gasteiger partial charge in [-0.1, -0.05) is 0 Å². The van der Waals surface area contributed by atoms with Crippen molar-refractivity contribution in [2.75, 3.05) is 11.0 Å². The van der Waals surface area contributed by atoms with Crippen LogP contribution in [0.15, 0.2) is 39.0 Å². The zero-order chi connectivity index (χ0) is 20.6. The van der Waals surface area contributed by atoms with Gasteiger partial charge >= 0.3 is 56.6 Å². The molecule has 0 radical (unpaired) electrons. The molecule has 0 aromatic heterocycles. The molecule has 30 heavy (non-hydrogen) atoms. The van der Waals surface area contributed by atoms with Crippen molar-refractivity contribution in [3.8, 4) is 0 Å². The van der Waals surface area contributed by atoms with Crippen LogP contribution in [-0.4, -0.2) is 40.6 Å². The zero-order valence-corrected chi connectivity index (χ0v) is 19.2. The van der Waals surface area contributed by atoms with Crippen LogP contribution in [0.1, 0.15) is 0 Å². The number of hydrogen-bond donors (Lipinski definition) is 1. The minimum Gasteiger partial charge on any atom is -0.744 e. The number of hydrogen-bond acceptors (Lipinski definition) is 12. The van der Waals surface area contributed by atoms with Gasteiger partial charge in [-0.05, 0) is 35.0 Å². The molecular weight excluding hydrogens is 471 g/mol. The molecule has 0 amide bonds. The molecule has 19 heteroatoms. The van der Waals surface area contributed by atoms with Crippen molar-refractivity contribution >= 4 is 58.8 Å². The second-order valence-electron chi connectivity index (χ2n) is 4.99.